The number of amides is 1. The number of likely N-dealkylation sites (tertiary alicyclic amines) is 1. The Morgan fingerprint density at radius 3 is 2.55 bits per heavy atom. The Balaban J connectivity index is 1.58. The lowest BCUT2D eigenvalue weighted by molar-refractivity contribution is -0.133. The van der Waals surface area contributed by atoms with Gasteiger partial charge in [-0.25, -0.2) is 0 Å². The van der Waals surface area contributed by atoms with E-state index in [2.05, 4.69) is 26.0 Å². The summed E-state index contributed by atoms with van der Waals surface area (Å²) in [6, 6.07) is 10.3. The molecule has 0 saturated carbocycles. The van der Waals surface area contributed by atoms with Crippen molar-refractivity contribution in [3.63, 3.8) is 0 Å². The van der Waals surface area contributed by atoms with Crippen LogP contribution < -0.4 is 0 Å². The second kappa shape index (κ2) is 8.94. The SMILES string of the molecule is CC(C)CC(=O)N1CCC(CCOCc2ccccc2)CC1. The number of nitrogens with zero attached hydrogens (tertiary/aromatic N) is 1. The Morgan fingerprint density at radius 2 is 1.91 bits per heavy atom. The zero-order valence-electron chi connectivity index (χ0n) is 14.0. The van der Waals surface area contributed by atoms with Crippen LogP contribution in [-0.2, 0) is 16.1 Å². The molecule has 0 atom stereocenters. The topological polar surface area (TPSA) is 29.5 Å². The van der Waals surface area contributed by atoms with Gasteiger partial charge in [0.05, 0.1) is 6.61 Å². The summed E-state index contributed by atoms with van der Waals surface area (Å²) in [4.78, 5) is 14.1. The summed E-state index contributed by atoms with van der Waals surface area (Å²) in [6.07, 6.45) is 4.04. The Kier molecular flexibility index (Phi) is 6.91. The van der Waals surface area contributed by atoms with E-state index in [4.69, 9.17) is 4.74 Å². The lowest BCUT2D eigenvalue weighted by Gasteiger charge is -2.32. The van der Waals surface area contributed by atoms with Gasteiger partial charge in [-0.2, -0.15) is 0 Å². The molecule has 0 N–H and O–H groups in total. The largest absolute Gasteiger partial charge is 0.377 e. The van der Waals surface area contributed by atoms with Gasteiger partial charge >= 0.3 is 0 Å². The standard InChI is InChI=1S/C19H29NO2/c1-16(2)14-19(21)20-11-8-17(9-12-20)10-13-22-15-18-6-4-3-5-7-18/h3-7,16-17H,8-15H2,1-2H3. The van der Waals surface area contributed by atoms with Crippen molar-refractivity contribution >= 4 is 5.91 Å². The lowest BCUT2D eigenvalue weighted by Crippen LogP contribution is -2.39. The van der Waals surface area contributed by atoms with Gasteiger partial charge in [-0.3, -0.25) is 4.79 Å². The molecule has 1 aliphatic rings. The fourth-order valence-corrected chi connectivity index (χ4v) is 2.96. The highest BCUT2D eigenvalue weighted by Crippen LogP contribution is 2.21. The zero-order chi connectivity index (χ0) is 15.8. The van der Waals surface area contributed by atoms with E-state index in [9.17, 15) is 4.79 Å². The van der Waals surface area contributed by atoms with E-state index >= 15 is 0 Å². The third-order valence-electron chi connectivity index (χ3n) is 4.33. The highest BCUT2D eigenvalue weighted by atomic mass is 16.5. The third kappa shape index (κ3) is 5.80. The Labute approximate surface area is 134 Å². The van der Waals surface area contributed by atoms with Crippen molar-refractivity contribution < 1.29 is 9.53 Å². The zero-order valence-corrected chi connectivity index (χ0v) is 14.0. The van der Waals surface area contributed by atoms with E-state index < -0.39 is 0 Å². The summed E-state index contributed by atoms with van der Waals surface area (Å²) in [7, 11) is 0. The van der Waals surface area contributed by atoms with Gasteiger partial charge < -0.3 is 9.64 Å². The smallest absolute Gasteiger partial charge is 0.222 e. The first-order valence-electron chi connectivity index (χ1n) is 8.54. The van der Waals surface area contributed by atoms with Crippen molar-refractivity contribution in [3.8, 4) is 0 Å². The van der Waals surface area contributed by atoms with E-state index in [-0.39, 0.29) is 0 Å². The number of ether oxygens (including phenoxy) is 1. The molecule has 1 aliphatic heterocycles. The molecule has 3 heteroatoms. The molecular formula is C19H29NO2. The van der Waals surface area contributed by atoms with Crippen LogP contribution in [0.1, 0.15) is 45.1 Å². The first-order chi connectivity index (χ1) is 10.6. The summed E-state index contributed by atoms with van der Waals surface area (Å²) in [6.45, 7) is 7.58. The second-order valence-electron chi connectivity index (χ2n) is 6.75. The fourth-order valence-electron chi connectivity index (χ4n) is 2.96. The third-order valence-corrected chi connectivity index (χ3v) is 4.33. The predicted molar refractivity (Wildman–Crippen MR) is 89.5 cm³/mol. The summed E-state index contributed by atoms with van der Waals surface area (Å²) < 4.78 is 5.77. The number of hydrogen-bond donors (Lipinski definition) is 0. The van der Waals surface area contributed by atoms with Crippen molar-refractivity contribution in [2.24, 2.45) is 11.8 Å². The van der Waals surface area contributed by atoms with E-state index in [0.29, 0.717) is 30.8 Å². The highest BCUT2D eigenvalue weighted by Gasteiger charge is 2.22. The first kappa shape index (κ1) is 17.0. The average Bonchev–Trinajstić information content (AvgIpc) is 2.52. The van der Waals surface area contributed by atoms with E-state index in [0.717, 1.165) is 39.0 Å². The van der Waals surface area contributed by atoms with E-state index in [1.165, 1.54) is 5.56 Å². The maximum absolute atomic E-state index is 12.0. The van der Waals surface area contributed by atoms with Crippen LogP contribution in [0.25, 0.3) is 0 Å². The molecule has 1 heterocycles. The van der Waals surface area contributed by atoms with Crippen molar-refractivity contribution in [2.75, 3.05) is 19.7 Å². The van der Waals surface area contributed by atoms with Crippen LogP contribution in [0.3, 0.4) is 0 Å². The molecule has 1 aromatic rings. The summed E-state index contributed by atoms with van der Waals surface area (Å²) in [5, 5.41) is 0. The number of carbonyl (C=O) groups excluding carboxylic acids is 1. The second-order valence-corrected chi connectivity index (χ2v) is 6.75. The lowest BCUT2D eigenvalue weighted by atomic mass is 9.93. The molecule has 1 aromatic carbocycles. The molecule has 22 heavy (non-hydrogen) atoms. The number of rotatable bonds is 7. The Hall–Kier alpha value is -1.35. The maximum atomic E-state index is 12.0. The van der Waals surface area contributed by atoms with Crippen molar-refractivity contribution in [1.29, 1.82) is 0 Å². The summed E-state index contributed by atoms with van der Waals surface area (Å²) >= 11 is 0. The summed E-state index contributed by atoms with van der Waals surface area (Å²) in [5.41, 5.74) is 1.23. The van der Waals surface area contributed by atoms with E-state index in [1.807, 2.05) is 23.1 Å². The van der Waals surface area contributed by atoms with Crippen LogP contribution in [-0.4, -0.2) is 30.5 Å². The predicted octanol–water partition coefficient (Wildman–Crippen LogP) is 3.88. The van der Waals surface area contributed by atoms with Gasteiger partial charge in [0.25, 0.3) is 0 Å². The molecule has 0 unspecified atom stereocenters. The van der Waals surface area contributed by atoms with E-state index in [1.54, 1.807) is 0 Å². The minimum Gasteiger partial charge on any atom is -0.377 e. The van der Waals surface area contributed by atoms with Gasteiger partial charge in [0.1, 0.15) is 0 Å². The minimum atomic E-state index is 0.328. The van der Waals surface area contributed by atoms with Crippen LogP contribution >= 0.6 is 0 Å². The molecule has 0 radical (unpaired) electrons. The van der Waals surface area contributed by atoms with Gasteiger partial charge in [-0.1, -0.05) is 44.2 Å². The van der Waals surface area contributed by atoms with Gasteiger partial charge in [-0.15, -0.1) is 0 Å². The van der Waals surface area contributed by atoms with Crippen LogP contribution in [0.15, 0.2) is 30.3 Å². The molecule has 0 aliphatic carbocycles. The molecule has 1 saturated heterocycles. The number of piperidine rings is 1. The van der Waals surface area contributed by atoms with Crippen LogP contribution in [0, 0.1) is 11.8 Å². The van der Waals surface area contributed by atoms with Gasteiger partial charge in [0.2, 0.25) is 5.91 Å². The van der Waals surface area contributed by atoms with Gasteiger partial charge in [0.15, 0.2) is 0 Å². The normalized spacial score (nSPS) is 16.2. The van der Waals surface area contributed by atoms with Crippen LogP contribution in [0.4, 0.5) is 0 Å². The highest BCUT2D eigenvalue weighted by molar-refractivity contribution is 5.76. The number of hydrogen-bond acceptors (Lipinski definition) is 2. The monoisotopic (exact) mass is 303 g/mol. The first-order valence-corrected chi connectivity index (χ1v) is 8.54. The molecule has 122 valence electrons. The number of benzene rings is 1. The molecular weight excluding hydrogens is 274 g/mol. The van der Waals surface area contributed by atoms with Crippen molar-refractivity contribution in [2.45, 2.75) is 46.1 Å². The van der Waals surface area contributed by atoms with Crippen LogP contribution in [0.2, 0.25) is 0 Å². The molecule has 1 amide bonds. The molecule has 0 aromatic heterocycles. The van der Waals surface area contributed by atoms with Crippen molar-refractivity contribution in [3.05, 3.63) is 35.9 Å². The minimum absolute atomic E-state index is 0.328. The fraction of sp³-hybridized carbons (Fsp3) is 0.632. The molecule has 0 bridgehead atoms. The summed E-state index contributed by atoms with van der Waals surface area (Å²) in [5.74, 6) is 1.49. The van der Waals surface area contributed by atoms with Crippen LogP contribution in [0.5, 0.6) is 0 Å². The molecule has 3 nitrogen and oxygen atoms in total. The average molecular weight is 303 g/mol. The maximum Gasteiger partial charge on any atom is 0.222 e. The van der Waals surface area contributed by atoms with Gasteiger partial charge in [0, 0.05) is 26.1 Å². The quantitative estimate of drug-likeness (QED) is 0.715. The number of carbonyl (C=O) groups is 1. The molecule has 0 spiro atoms. The van der Waals surface area contributed by atoms with Crippen molar-refractivity contribution in [1.82, 2.24) is 4.90 Å². The molecule has 2 rings (SSSR count). The molecule has 1 fully saturated rings. The van der Waals surface area contributed by atoms with Gasteiger partial charge in [-0.05, 0) is 36.7 Å². The Bertz CT molecular complexity index is 436. The Morgan fingerprint density at radius 1 is 1.23 bits per heavy atom.